The molecule has 13 nitrogen and oxygen atoms in total. The van der Waals surface area contributed by atoms with E-state index in [1.54, 1.807) is 0 Å². The van der Waals surface area contributed by atoms with Crippen LogP contribution in [0.4, 0.5) is 0 Å². The van der Waals surface area contributed by atoms with Crippen molar-refractivity contribution in [2.24, 2.45) is 17.8 Å². The molecule has 1 saturated heterocycles. The number of hydrogen-bond donors (Lipinski definition) is 4. The number of aromatic nitrogens is 2. The van der Waals surface area contributed by atoms with Gasteiger partial charge in [-0.2, -0.15) is 0 Å². The van der Waals surface area contributed by atoms with E-state index in [0.29, 0.717) is 13.0 Å². The number of carbonyl (C=O) groups excluding carboxylic acids is 6. The first-order chi connectivity index (χ1) is 25.4. The van der Waals surface area contributed by atoms with Crippen molar-refractivity contribution in [1.82, 2.24) is 36.1 Å². The van der Waals surface area contributed by atoms with E-state index in [4.69, 9.17) is 0 Å². The lowest BCUT2D eigenvalue weighted by molar-refractivity contribution is -0.141. The van der Waals surface area contributed by atoms with Crippen molar-refractivity contribution < 1.29 is 28.8 Å². The van der Waals surface area contributed by atoms with Crippen LogP contribution in [0.2, 0.25) is 0 Å². The van der Waals surface area contributed by atoms with E-state index in [1.165, 1.54) is 29.9 Å². The molecule has 3 aliphatic rings. The monoisotopic (exact) mass is 748 g/mol. The Bertz CT molecular complexity index is 1180. The third-order valence-corrected chi connectivity index (χ3v) is 7.78. The second-order valence-electron chi connectivity index (χ2n) is 13.3. The zero-order valence-corrected chi connectivity index (χ0v) is 35.0. The smallest absolute Gasteiger partial charge is 0.289 e. The molecule has 13 heteroatoms. The number of hydrogen-bond acceptors (Lipinski definition) is 8. The number of rotatable bonds is 11. The van der Waals surface area contributed by atoms with Crippen LogP contribution in [-0.2, 0) is 24.0 Å². The van der Waals surface area contributed by atoms with Crippen molar-refractivity contribution in [3.63, 3.8) is 0 Å². The Morgan fingerprint density at radius 1 is 0.811 bits per heavy atom. The predicted molar refractivity (Wildman–Crippen MR) is 212 cm³/mol. The zero-order valence-electron chi connectivity index (χ0n) is 35.0. The topological polar surface area (TPSA) is 180 Å². The summed E-state index contributed by atoms with van der Waals surface area (Å²) in [5, 5.41) is 10.5. The fraction of sp³-hybridized carbons (Fsp3) is 0.750. The largest absolute Gasteiger partial charge is 0.347 e. The van der Waals surface area contributed by atoms with Crippen molar-refractivity contribution in [1.29, 1.82) is 0 Å². The normalized spacial score (nSPS) is 17.7. The first-order valence-corrected chi connectivity index (χ1v) is 20.1. The van der Waals surface area contributed by atoms with Crippen molar-refractivity contribution in [2.75, 3.05) is 19.6 Å². The highest BCUT2D eigenvalue weighted by molar-refractivity contribution is 6.37. The quantitative estimate of drug-likeness (QED) is 0.210. The van der Waals surface area contributed by atoms with Crippen molar-refractivity contribution in [3.05, 3.63) is 24.3 Å². The average molecular weight is 748 g/mol. The number of ketones is 1. The summed E-state index contributed by atoms with van der Waals surface area (Å²) in [4.78, 5) is 85.3. The molecule has 0 spiro atoms. The van der Waals surface area contributed by atoms with E-state index in [9.17, 15) is 28.8 Å². The lowest BCUT2D eigenvalue weighted by Crippen LogP contribution is -2.55. The van der Waals surface area contributed by atoms with Gasteiger partial charge in [-0.05, 0) is 49.9 Å². The molecule has 2 heterocycles. The number of nitrogens with zero attached hydrogens (tertiary/aromatic N) is 3. The van der Waals surface area contributed by atoms with Gasteiger partial charge in [0, 0.05) is 25.0 Å². The number of nitrogens with one attached hydrogen (secondary N) is 4. The van der Waals surface area contributed by atoms with E-state index >= 15 is 0 Å². The Morgan fingerprint density at radius 3 is 1.89 bits per heavy atom. The Hall–Kier alpha value is -3.90. The minimum Gasteiger partial charge on any atom is -0.347 e. The summed E-state index contributed by atoms with van der Waals surface area (Å²) in [5.74, 6) is -2.84. The number of amides is 5. The van der Waals surface area contributed by atoms with Gasteiger partial charge in [0.25, 0.3) is 11.8 Å². The molecule has 304 valence electrons. The first kappa shape index (κ1) is 51.2. The number of Topliss-reactive ketones (excluding diaryl/α,β-unsaturated/α-hetero) is 1. The molecule has 53 heavy (non-hydrogen) atoms. The highest BCUT2D eigenvalue weighted by Crippen LogP contribution is 2.27. The summed E-state index contributed by atoms with van der Waals surface area (Å²) in [5.41, 5.74) is 0.0931. The SMILES string of the molecule is CC.CC.CC.CC(C)C.CCC.C[C@H]1CCN(C(=O)CNC(=O)C(NC(=O)c2cnccn2)C2CCCCC2)C1C(=O)NCC(=O)C(=O)NC1CC1. The van der Waals surface area contributed by atoms with Gasteiger partial charge >= 0.3 is 0 Å². The van der Waals surface area contributed by atoms with Crippen LogP contribution in [0.3, 0.4) is 0 Å². The molecule has 2 saturated carbocycles. The predicted octanol–water partition coefficient (Wildman–Crippen LogP) is 5.63. The van der Waals surface area contributed by atoms with Gasteiger partial charge in [0.15, 0.2) is 0 Å². The maximum atomic E-state index is 13.2. The van der Waals surface area contributed by atoms with Gasteiger partial charge in [-0.25, -0.2) is 4.98 Å². The summed E-state index contributed by atoms with van der Waals surface area (Å²) in [6.45, 7) is 24.1. The highest BCUT2D eigenvalue weighted by atomic mass is 16.2. The second-order valence-corrected chi connectivity index (χ2v) is 13.3. The maximum Gasteiger partial charge on any atom is 0.289 e. The van der Waals surface area contributed by atoms with Gasteiger partial charge in [0.2, 0.25) is 23.5 Å². The molecule has 3 fully saturated rings. The van der Waals surface area contributed by atoms with Gasteiger partial charge in [-0.1, -0.05) is 109 Å². The van der Waals surface area contributed by atoms with Crippen LogP contribution in [0.5, 0.6) is 0 Å². The molecule has 5 amide bonds. The number of carbonyl (C=O) groups is 6. The summed E-state index contributed by atoms with van der Waals surface area (Å²) < 4.78 is 0. The average Bonchev–Trinajstić information content (AvgIpc) is 3.91. The molecule has 1 aromatic rings. The number of likely N-dealkylation sites (tertiary alicyclic amines) is 1. The lowest BCUT2D eigenvalue weighted by atomic mass is 9.83. The standard InChI is InChI=1S/C27H37N7O6.C4H10.C3H8.3C2H6/c1-16-9-12-34(23(16)27(40)30-14-20(35)25(38)32-18-7-8-18)21(36)15-31-26(39)22(17-5-3-2-4-6-17)33-24(37)19-13-28-10-11-29-19;1-4(2)3;1-3-2;3*1-2/h10-11,13,16-18,22-23H,2-9,12,14-15H2,1H3,(H,30,40)(H,31,39)(H,32,38)(H,33,37);4H,1-3H3;3H2,1-2H3;3*1-2H3/t16-,22?,23?;;;;;/m0...../s1. The molecule has 3 atom stereocenters. The zero-order chi connectivity index (χ0) is 40.9. The van der Waals surface area contributed by atoms with Crippen LogP contribution in [-0.4, -0.2) is 87.9 Å². The molecule has 0 radical (unpaired) electrons. The summed E-state index contributed by atoms with van der Waals surface area (Å²) in [6, 6.07) is -1.63. The molecule has 1 aromatic heterocycles. The Balaban J connectivity index is 0. The molecule has 4 rings (SSSR count). The molecule has 0 aromatic carbocycles. The molecule has 2 unspecified atom stereocenters. The van der Waals surface area contributed by atoms with Crippen molar-refractivity contribution >= 4 is 35.3 Å². The highest BCUT2D eigenvalue weighted by Gasteiger charge is 2.40. The Labute approximate surface area is 320 Å². The Kier molecular flexibility index (Phi) is 29.5. The first-order valence-electron chi connectivity index (χ1n) is 20.1. The van der Waals surface area contributed by atoms with Gasteiger partial charge in [0.1, 0.15) is 17.8 Å². The van der Waals surface area contributed by atoms with E-state index in [-0.39, 0.29) is 30.1 Å². The van der Waals surface area contributed by atoms with Crippen LogP contribution in [0, 0.1) is 17.8 Å². The fourth-order valence-corrected chi connectivity index (χ4v) is 5.34. The van der Waals surface area contributed by atoms with Gasteiger partial charge < -0.3 is 26.2 Å². The molecule has 2 aliphatic carbocycles. The summed E-state index contributed by atoms with van der Waals surface area (Å²) >= 11 is 0. The summed E-state index contributed by atoms with van der Waals surface area (Å²) in [7, 11) is 0. The van der Waals surface area contributed by atoms with Crippen LogP contribution in [0.15, 0.2) is 18.6 Å². The third-order valence-electron chi connectivity index (χ3n) is 7.78. The molecule has 4 N–H and O–H groups in total. The van der Waals surface area contributed by atoms with Crippen LogP contribution < -0.4 is 21.3 Å². The maximum absolute atomic E-state index is 13.2. The van der Waals surface area contributed by atoms with Crippen LogP contribution >= 0.6 is 0 Å². The van der Waals surface area contributed by atoms with E-state index in [0.717, 1.165) is 50.9 Å². The van der Waals surface area contributed by atoms with E-state index in [1.807, 2.05) is 48.5 Å². The molecule has 0 bridgehead atoms. The lowest BCUT2D eigenvalue weighted by Gasteiger charge is -2.30. The fourth-order valence-electron chi connectivity index (χ4n) is 5.34. The minimum atomic E-state index is -0.841. The Morgan fingerprint density at radius 2 is 1.38 bits per heavy atom. The molecular formula is C40H73N7O6. The molecular weight excluding hydrogens is 674 g/mol. The third kappa shape index (κ3) is 20.8. The van der Waals surface area contributed by atoms with E-state index < -0.39 is 53.9 Å². The molecule has 1 aliphatic heterocycles. The summed E-state index contributed by atoms with van der Waals surface area (Å²) in [6.07, 6.45) is 12.2. The van der Waals surface area contributed by atoms with Crippen molar-refractivity contribution in [3.8, 4) is 0 Å². The van der Waals surface area contributed by atoms with E-state index in [2.05, 4.69) is 65.9 Å². The van der Waals surface area contributed by atoms with Gasteiger partial charge in [0.05, 0.1) is 19.3 Å². The van der Waals surface area contributed by atoms with Crippen LogP contribution in [0.1, 0.15) is 151 Å². The van der Waals surface area contributed by atoms with Gasteiger partial charge in [-0.3, -0.25) is 33.8 Å². The minimum absolute atomic E-state index is 0.0309. The van der Waals surface area contributed by atoms with Gasteiger partial charge in [-0.15, -0.1) is 0 Å². The van der Waals surface area contributed by atoms with Crippen LogP contribution in [0.25, 0.3) is 0 Å². The van der Waals surface area contributed by atoms with Crippen molar-refractivity contribution in [2.45, 2.75) is 159 Å². The second kappa shape index (κ2) is 30.6.